The Hall–Kier alpha value is -1.49. The lowest BCUT2D eigenvalue weighted by atomic mass is 9.98. The monoisotopic (exact) mass is 312 g/mol. The molecular weight excluding hydrogens is 296 g/mol. The van der Waals surface area contributed by atoms with Crippen molar-refractivity contribution in [2.45, 2.75) is 19.4 Å². The van der Waals surface area contributed by atoms with Gasteiger partial charge in [0.2, 0.25) is 0 Å². The Balaban J connectivity index is 1.60. The first kappa shape index (κ1) is 13.2. The lowest BCUT2D eigenvalue weighted by molar-refractivity contribution is 0.644. The predicted octanol–water partition coefficient (Wildman–Crippen LogP) is 4.11. The number of rotatable bonds is 3. The SMILES string of the molecule is c1csc(Cc2nc(-c3ccc4c(c3)CCNC4)cs2)c1. The van der Waals surface area contributed by atoms with Gasteiger partial charge in [-0.2, -0.15) is 0 Å². The molecule has 1 aliphatic rings. The van der Waals surface area contributed by atoms with Gasteiger partial charge in [-0.25, -0.2) is 4.98 Å². The number of hydrogen-bond donors (Lipinski definition) is 1. The highest BCUT2D eigenvalue weighted by atomic mass is 32.1. The lowest BCUT2D eigenvalue weighted by Crippen LogP contribution is -2.23. The molecule has 0 amide bonds. The van der Waals surface area contributed by atoms with E-state index in [0.717, 1.165) is 31.6 Å². The van der Waals surface area contributed by atoms with E-state index in [9.17, 15) is 0 Å². The van der Waals surface area contributed by atoms with Gasteiger partial charge < -0.3 is 5.32 Å². The largest absolute Gasteiger partial charge is 0.312 e. The minimum atomic E-state index is 0.956. The summed E-state index contributed by atoms with van der Waals surface area (Å²) in [5, 5.41) is 8.93. The topological polar surface area (TPSA) is 24.9 Å². The van der Waals surface area contributed by atoms with Crippen LogP contribution >= 0.6 is 22.7 Å². The van der Waals surface area contributed by atoms with Crippen molar-refractivity contribution in [2.75, 3.05) is 6.54 Å². The van der Waals surface area contributed by atoms with E-state index in [1.54, 1.807) is 22.7 Å². The molecule has 1 N–H and O–H groups in total. The molecule has 1 aromatic carbocycles. The van der Waals surface area contributed by atoms with Gasteiger partial charge in [0.25, 0.3) is 0 Å². The molecule has 1 aliphatic heterocycles. The molecule has 0 unspecified atom stereocenters. The Morgan fingerprint density at radius 1 is 1.14 bits per heavy atom. The highest BCUT2D eigenvalue weighted by Gasteiger charge is 2.11. The van der Waals surface area contributed by atoms with Crippen molar-refractivity contribution in [3.8, 4) is 11.3 Å². The Labute approximate surface area is 132 Å². The summed E-state index contributed by atoms with van der Waals surface area (Å²) < 4.78 is 0. The van der Waals surface area contributed by atoms with E-state index in [2.05, 4.69) is 46.4 Å². The van der Waals surface area contributed by atoms with Crippen LogP contribution in [0, 0.1) is 0 Å². The second-order valence-electron chi connectivity index (χ2n) is 5.29. The highest BCUT2D eigenvalue weighted by molar-refractivity contribution is 7.11. The van der Waals surface area contributed by atoms with Crippen molar-refractivity contribution in [3.63, 3.8) is 0 Å². The Morgan fingerprint density at radius 2 is 2.14 bits per heavy atom. The van der Waals surface area contributed by atoms with E-state index in [0.29, 0.717) is 0 Å². The maximum absolute atomic E-state index is 4.81. The van der Waals surface area contributed by atoms with Gasteiger partial charge in [0.1, 0.15) is 0 Å². The number of hydrogen-bond acceptors (Lipinski definition) is 4. The van der Waals surface area contributed by atoms with E-state index in [1.165, 1.54) is 26.6 Å². The molecule has 4 rings (SSSR count). The van der Waals surface area contributed by atoms with Crippen molar-refractivity contribution in [1.29, 1.82) is 0 Å². The quantitative estimate of drug-likeness (QED) is 0.787. The highest BCUT2D eigenvalue weighted by Crippen LogP contribution is 2.27. The van der Waals surface area contributed by atoms with Gasteiger partial charge in [-0.05, 0) is 41.6 Å². The molecule has 0 fully saturated rings. The molecule has 3 heterocycles. The van der Waals surface area contributed by atoms with Gasteiger partial charge in [-0.1, -0.05) is 18.2 Å². The van der Waals surface area contributed by atoms with E-state index in [1.807, 2.05) is 0 Å². The molecule has 2 nitrogen and oxygen atoms in total. The molecule has 0 aliphatic carbocycles. The molecule has 3 aromatic rings. The molecule has 0 atom stereocenters. The Bertz CT molecular complexity index is 744. The third-order valence-electron chi connectivity index (χ3n) is 3.85. The lowest BCUT2D eigenvalue weighted by Gasteiger charge is -2.17. The fraction of sp³-hybridized carbons (Fsp3) is 0.235. The van der Waals surface area contributed by atoms with Crippen molar-refractivity contribution < 1.29 is 0 Å². The standard InChI is InChI=1S/C17H16N2S2/c1-2-15(20-7-1)9-17-19-16(11-21-17)13-3-4-14-10-18-6-5-12(14)8-13/h1-4,7-8,11,18H,5-6,9-10H2. The van der Waals surface area contributed by atoms with Gasteiger partial charge in [0.15, 0.2) is 0 Å². The number of nitrogens with one attached hydrogen (secondary N) is 1. The van der Waals surface area contributed by atoms with Crippen LogP contribution in [0.25, 0.3) is 11.3 Å². The van der Waals surface area contributed by atoms with Crippen LogP contribution < -0.4 is 5.32 Å². The van der Waals surface area contributed by atoms with Crippen LogP contribution in [-0.2, 0) is 19.4 Å². The summed E-state index contributed by atoms with van der Waals surface area (Å²) in [5.74, 6) is 0. The minimum Gasteiger partial charge on any atom is -0.312 e. The van der Waals surface area contributed by atoms with Gasteiger partial charge in [-0.3, -0.25) is 0 Å². The van der Waals surface area contributed by atoms with Crippen LogP contribution in [0.4, 0.5) is 0 Å². The molecule has 0 saturated carbocycles. The first-order valence-corrected chi connectivity index (χ1v) is 8.94. The zero-order valence-electron chi connectivity index (χ0n) is 11.6. The van der Waals surface area contributed by atoms with Crippen molar-refractivity contribution in [2.24, 2.45) is 0 Å². The molecular formula is C17H16N2S2. The second-order valence-corrected chi connectivity index (χ2v) is 7.27. The fourth-order valence-electron chi connectivity index (χ4n) is 2.72. The van der Waals surface area contributed by atoms with Crippen molar-refractivity contribution in [1.82, 2.24) is 10.3 Å². The van der Waals surface area contributed by atoms with Crippen molar-refractivity contribution in [3.05, 3.63) is 62.1 Å². The van der Waals surface area contributed by atoms with Gasteiger partial charge in [-0.15, -0.1) is 22.7 Å². The predicted molar refractivity (Wildman–Crippen MR) is 90.1 cm³/mol. The average Bonchev–Trinajstić information content (AvgIpc) is 3.19. The summed E-state index contributed by atoms with van der Waals surface area (Å²) in [6.45, 7) is 2.08. The van der Waals surface area contributed by atoms with E-state index >= 15 is 0 Å². The van der Waals surface area contributed by atoms with Gasteiger partial charge in [0, 0.05) is 28.8 Å². The molecule has 4 heteroatoms. The summed E-state index contributed by atoms with van der Waals surface area (Å²) >= 11 is 3.56. The molecule has 0 saturated heterocycles. The zero-order chi connectivity index (χ0) is 14.1. The molecule has 0 spiro atoms. The average molecular weight is 312 g/mol. The molecule has 21 heavy (non-hydrogen) atoms. The first-order valence-electron chi connectivity index (χ1n) is 7.18. The summed E-state index contributed by atoms with van der Waals surface area (Å²) in [7, 11) is 0. The van der Waals surface area contributed by atoms with Gasteiger partial charge >= 0.3 is 0 Å². The Kier molecular flexibility index (Phi) is 3.59. The number of aromatic nitrogens is 1. The number of thiazole rings is 1. The van der Waals surface area contributed by atoms with Crippen LogP contribution in [0.3, 0.4) is 0 Å². The summed E-state index contributed by atoms with van der Waals surface area (Å²) in [6, 6.07) is 11.1. The third kappa shape index (κ3) is 2.79. The van der Waals surface area contributed by atoms with Crippen LogP contribution in [0.1, 0.15) is 21.0 Å². The summed E-state index contributed by atoms with van der Waals surface area (Å²) in [5.41, 5.74) is 5.27. The summed E-state index contributed by atoms with van der Waals surface area (Å²) in [4.78, 5) is 6.20. The molecule has 2 aromatic heterocycles. The second kappa shape index (κ2) is 5.72. The van der Waals surface area contributed by atoms with E-state index in [-0.39, 0.29) is 0 Å². The van der Waals surface area contributed by atoms with Crippen molar-refractivity contribution >= 4 is 22.7 Å². The molecule has 0 radical (unpaired) electrons. The first-order chi connectivity index (χ1) is 10.4. The number of fused-ring (bicyclic) bond motifs is 1. The smallest absolute Gasteiger partial charge is 0.0984 e. The third-order valence-corrected chi connectivity index (χ3v) is 5.57. The molecule has 106 valence electrons. The maximum Gasteiger partial charge on any atom is 0.0984 e. The van der Waals surface area contributed by atoms with Crippen LogP contribution in [-0.4, -0.2) is 11.5 Å². The van der Waals surface area contributed by atoms with Crippen LogP contribution in [0.5, 0.6) is 0 Å². The van der Waals surface area contributed by atoms with E-state index in [4.69, 9.17) is 4.98 Å². The fourth-order valence-corrected chi connectivity index (χ4v) is 4.35. The van der Waals surface area contributed by atoms with Crippen LogP contribution in [0.15, 0.2) is 41.1 Å². The number of nitrogens with zero attached hydrogens (tertiary/aromatic N) is 1. The Morgan fingerprint density at radius 3 is 3.05 bits per heavy atom. The maximum atomic E-state index is 4.81. The zero-order valence-corrected chi connectivity index (χ0v) is 13.3. The summed E-state index contributed by atoms with van der Waals surface area (Å²) in [6.07, 6.45) is 2.08. The number of thiophene rings is 1. The normalized spacial score (nSPS) is 14.1. The number of benzene rings is 1. The van der Waals surface area contributed by atoms with E-state index < -0.39 is 0 Å². The van der Waals surface area contributed by atoms with Gasteiger partial charge in [0.05, 0.1) is 10.7 Å². The minimum absolute atomic E-state index is 0.956. The molecule has 0 bridgehead atoms. The van der Waals surface area contributed by atoms with Crippen LogP contribution in [0.2, 0.25) is 0 Å².